The van der Waals surface area contributed by atoms with Crippen LogP contribution in [0.3, 0.4) is 0 Å². The summed E-state index contributed by atoms with van der Waals surface area (Å²) >= 11 is 6.22. The van der Waals surface area contributed by atoms with Gasteiger partial charge >= 0.3 is 0 Å². The first-order valence-corrected chi connectivity index (χ1v) is 10.6. The molecule has 1 saturated heterocycles. The zero-order chi connectivity index (χ0) is 20.7. The number of anilines is 1. The van der Waals surface area contributed by atoms with Gasteiger partial charge in [-0.15, -0.1) is 0 Å². The van der Waals surface area contributed by atoms with Crippen molar-refractivity contribution in [1.29, 1.82) is 0 Å². The number of hydrogen-bond acceptors (Lipinski definition) is 4. The van der Waals surface area contributed by atoms with Gasteiger partial charge in [-0.2, -0.15) is 0 Å². The topological polar surface area (TPSA) is 43.9 Å². The van der Waals surface area contributed by atoms with Crippen LogP contribution in [0.25, 0.3) is 10.8 Å². The van der Waals surface area contributed by atoms with E-state index in [4.69, 9.17) is 11.6 Å². The number of carbonyl (C=O) groups excluding carboxylic acids is 2. The van der Waals surface area contributed by atoms with E-state index in [-0.39, 0.29) is 11.8 Å². The van der Waals surface area contributed by atoms with Crippen LogP contribution in [0.2, 0.25) is 5.02 Å². The Morgan fingerprint density at radius 3 is 2.27 bits per heavy atom. The molecule has 0 unspecified atom stereocenters. The molecule has 1 fully saturated rings. The van der Waals surface area contributed by atoms with Crippen LogP contribution in [0.4, 0.5) is 5.69 Å². The van der Waals surface area contributed by atoms with Gasteiger partial charge in [0.15, 0.2) is 0 Å². The number of carbonyl (C=O) groups is 2. The van der Waals surface area contributed by atoms with Gasteiger partial charge in [0.2, 0.25) is 0 Å². The van der Waals surface area contributed by atoms with Crippen molar-refractivity contribution in [3.8, 4) is 0 Å². The van der Waals surface area contributed by atoms with Crippen LogP contribution in [-0.2, 0) is 0 Å². The summed E-state index contributed by atoms with van der Waals surface area (Å²) in [5.41, 5.74) is 2.33. The highest BCUT2D eigenvalue weighted by molar-refractivity contribution is 6.33. The maximum Gasteiger partial charge on any atom is 0.261 e. The van der Waals surface area contributed by atoms with E-state index in [0.29, 0.717) is 34.6 Å². The Labute approximate surface area is 180 Å². The van der Waals surface area contributed by atoms with E-state index in [0.717, 1.165) is 31.6 Å². The Hall–Kier alpha value is -2.89. The molecule has 30 heavy (non-hydrogen) atoms. The maximum absolute atomic E-state index is 13.1. The summed E-state index contributed by atoms with van der Waals surface area (Å²) in [4.78, 5) is 32.2. The Morgan fingerprint density at radius 1 is 0.767 bits per heavy atom. The van der Waals surface area contributed by atoms with Gasteiger partial charge < -0.3 is 4.90 Å². The first-order chi connectivity index (χ1) is 14.6. The number of piperazine rings is 1. The molecule has 0 atom stereocenters. The molecule has 152 valence electrons. The predicted octanol–water partition coefficient (Wildman–Crippen LogP) is 3.91. The van der Waals surface area contributed by atoms with Gasteiger partial charge in [-0.25, -0.2) is 0 Å². The van der Waals surface area contributed by atoms with Crippen LogP contribution in [0.5, 0.6) is 0 Å². The predicted molar refractivity (Wildman–Crippen MR) is 119 cm³/mol. The molecule has 0 N–H and O–H groups in total. The fourth-order valence-corrected chi connectivity index (χ4v) is 4.66. The molecule has 5 nitrogen and oxygen atoms in total. The van der Waals surface area contributed by atoms with Gasteiger partial charge in [0, 0.05) is 60.9 Å². The molecule has 3 aromatic rings. The van der Waals surface area contributed by atoms with Crippen LogP contribution >= 0.6 is 11.6 Å². The summed E-state index contributed by atoms with van der Waals surface area (Å²) in [6.07, 6.45) is 0. The second kappa shape index (κ2) is 7.74. The van der Waals surface area contributed by atoms with E-state index in [2.05, 4.69) is 34.1 Å². The summed E-state index contributed by atoms with van der Waals surface area (Å²) in [5.74, 6) is -0.475. The molecule has 5 rings (SSSR count). The number of halogens is 1. The molecule has 6 heteroatoms. The van der Waals surface area contributed by atoms with Gasteiger partial charge in [0.25, 0.3) is 11.8 Å². The third kappa shape index (κ3) is 3.34. The summed E-state index contributed by atoms with van der Waals surface area (Å²) < 4.78 is 0. The minimum Gasteiger partial charge on any atom is -0.369 e. The smallest absolute Gasteiger partial charge is 0.261 e. The average Bonchev–Trinajstić information content (AvgIpc) is 2.78. The fraction of sp³-hybridized carbons (Fsp3) is 0.250. The van der Waals surface area contributed by atoms with Crippen LogP contribution in [-0.4, -0.2) is 60.9 Å². The van der Waals surface area contributed by atoms with Gasteiger partial charge in [-0.1, -0.05) is 41.9 Å². The highest BCUT2D eigenvalue weighted by atomic mass is 35.5. The lowest BCUT2D eigenvalue weighted by molar-refractivity contribution is 0.0591. The number of benzene rings is 3. The van der Waals surface area contributed by atoms with Gasteiger partial charge in [0.05, 0.1) is 5.56 Å². The third-order valence-electron chi connectivity index (χ3n) is 6.03. The van der Waals surface area contributed by atoms with Crippen molar-refractivity contribution in [3.05, 3.63) is 76.8 Å². The highest BCUT2D eigenvalue weighted by Gasteiger charge is 2.33. The molecule has 2 aliphatic heterocycles. The molecule has 2 amide bonds. The zero-order valence-electron chi connectivity index (χ0n) is 16.6. The Kier molecular flexibility index (Phi) is 4.93. The van der Waals surface area contributed by atoms with E-state index in [1.165, 1.54) is 10.6 Å². The van der Waals surface area contributed by atoms with E-state index < -0.39 is 0 Å². The molecule has 3 aromatic carbocycles. The molecule has 0 spiro atoms. The highest BCUT2D eigenvalue weighted by Crippen LogP contribution is 2.32. The molecule has 0 radical (unpaired) electrons. The standard InChI is InChI=1S/C24H22ClN3O2/c25-18-15-17-5-4-8-20-22(17)21(16-18)24(30)28(23(20)29)14-11-26-9-12-27(13-10-26)19-6-2-1-3-7-19/h1-8,15-16H,9-14H2. The summed E-state index contributed by atoms with van der Waals surface area (Å²) in [6, 6.07) is 19.4. The van der Waals surface area contributed by atoms with Crippen molar-refractivity contribution in [1.82, 2.24) is 9.80 Å². The molecular weight excluding hydrogens is 398 g/mol. The molecule has 0 bridgehead atoms. The second-order valence-corrected chi connectivity index (χ2v) is 8.22. The second-order valence-electron chi connectivity index (χ2n) is 7.78. The Morgan fingerprint density at radius 2 is 1.50 bits per heavy atom. The average molecular weight is 420 g/mol. The molecule has 0 aromatic heterocycles. The van der Waals surface area contributed by atoms with Crippen molar-refractivity contribution in [2.75, 3.05) is 44.2 Å². The minimum absolute atomic E-state index is 0.219. The molecule has 0 aliphatic carbocycles. The number of hydrogen-bond donors (Lipinski definition) is 0. The molecule has 2 aliphatic rings. The normalized spacial score (nSPS) is 17.1. The number of amides is 2. The SMILES string of the molecule is O=C1c2cccc3cc(Cl)cc(c23)C(=O)N1CCN1CCN(c2ccccc2)CC1. The Bertz CT molecular complexity index is 1120. The fourth-order valence-electron chi connectivity index (χ4n) is 4.43. The number of nitrogens with zero attached hydrogens (tertiary/aromatic N) is 3. The maximum atomic E-state index is 13.1. The van der Waals surface area contributed by atoms with Crippen LogP contribution in [0.15, 0.2) is 60.7 Å². The largest absolute Gasteiger partial charge is 0.369 e. The lowest BCUT2D eigenvalue weighted by Gasteiger charge is -2.37. The van der Waals surface area contributed by atoms with Crippen molar-refractivity contribution in [2.45, 2.75) is 0 Å². The van der Waals surface area contributed by atoms with Gasteiger partial charge in [0.1, 0.15) is 0 Å². The third-order valence-corrected chi connectivity index (χ3v) is 6.24. The van der Waals surface area contributed by atoms with Crippen LogP contribution in [0.1, 0.15) is 20.7 Å². The lowest BCUT2D eigenvalue weighted by Crippen LogP contribution is -2.50. The van der Waals surface area contributed by atoms with E-state index >= 15 is 0 Å². The lowest BCUT2D eigenvalue weighted by atomic mass is 9.94. The summed E-state index contributed by atoms with van der Waals surface area (Å²) in [5, 5.41) is 2.05. The first-order valence-electron chi connectivity index (χ1n) is 10.2. The van der Waals surface area contributed by atoms with Crippen molar-refractivity contribution in [2.24, 2.45) is 0 Å². The molecule has 2 heterocycles. The summed E-state index contributed by atoms with van der Waals surface area (Å²) in [7, 11) is 0. The van der Waals surface area contributed by atoms with E-state index in [1.807, 2.05) is 18.2 Å². The van der Waals surface area contributed by atoms with Gasteiger partial charge in [-0.05, 0) is 35.7 Å². The minimum atomic E-state index is -0.255. The Balaban J connectivity index is 1.28. The number of para-hydroxylation sites is 1. The quantitative estimate of drug-likeness (QED) is 0.601. The monoisotopic (exact) mass is 419 g/mol. The van der Waals surface area contributed by atoms with Crippen molar-refractivity contribution >= 4 is 39.9 Å². The zero-order valence-corrected chi connectivity index (χ0v) is 17.3. The molecular formula is C24H22ClN3O2. The van der Waals surface area contributed by atoms with Crippen LogP contribution < -0.4 is 4.90 Å². The van der Waals surface area contributed by atoms with E-state index in [9.17, 15) is 9.59 Å². The van der Waals surface area contributed by atoms with Crippen molar-refractivity contribution in [3.63, 3.8) is 0 Å². The van der Waals surface area contributed by atoms with Crippen LogP contribution in [0, 0.1) is 0 Å². The first kappa shape index (κ1) is 19.1. The van der Waals surface area contributed by atoms with Crippen molar-refractivity contribution < 1.29 is 9.59 Å². The summed E-state index contributed by atoms with van der Waals surface area (Å²) in [6.45, 7) is 4.73. The van der Waals surface area contributed by atoms with E-state index in [1.54, 1.807) is 18.2 Å². The van der Waals surface area contributed by atoms with Gasteiger partial charge in [-0.3, -0.25) is 19.4 Å². The number of rotatable bonds is 4. The molecule has 0 saturated carbocycles. The number of imide groups is 1.